The zero-order valence-corrected chi connectivity index (χ0v) is 19.3. The summed E-state index contributed by atoms with van der Waals surface area (Å²) in [7, 11) is 0. The summed E-state index contributed by atoms with van der Waals surface area (Å²) in [5.41, 5.74) is 1.31. The van der Waals surface area contributed by atoms with Gasteiger partial charge in [-0.2, -0.15) is 0 Å². The average molecular weight is 461 g/mol. The molecule has 0 bridgehead atoms. The van der Waals surface area contributed by atoms with Gasteiger partial charge in [0.2, 0.25) is 0 Å². The van der Waals surface area contributed by atoms with E-state index in [2.05, 4.69) is 48.3 Å². The highest BCUT2D eigenvalue weighted by Crippen LogP contribution is 2.68. The highest BCUT2D eigenvalue weighted by molar-refractivity contribution is 8.46. The molecule has 8 heteroatoms. The van der Waals surface area contributed by atoms with Crippen LogP contribution >= 0.6 is 94.1 Å². The van der Waals surface area contributed by atoms with Gasteiger partial charge in [-0.25, -0.2) is 0 Å². The Morgan fingerprint density at radius 1 is 0.667 bits per heavy atom. The molecule has 0 fully saturated rings. The second-order valence-corrected chi connectivity index (χ2v) is 13.8. The molecule has 0 unspecified atom stereocenters. The van der Waals surface area contributed by atoms with E-state index in [0.29, 0.717) is 0 Å². The van der Waals surface area contributed by atoms with Gasteiger partial charge in [0.05, 0.1) is 25.4 Å². The third-order valence-electron chi connectivity index (χ3n) is 3.15. The van der Waals surface area contributed by atoms with Crippen molar-refractivity contribution >= 4 is 99.0 Å². The predicted molar refractivity (Wildman–Crippen MR) is 128 cm³/mol. The largest absolute Gasteiger partial charge is 0.121 e. The van der Waals surface area contributed by atoms with Crippen molar-refractivity contribution in [3.05, 3.63) is 66.7 Å². The molecule has 1 aromatic carbocycles. The van der Waals surface area contributed by atoms with Crippen molar-refractivity contribution < 1.29 is 0 Å². The van der Waals surface area contributed by atoms with Crippen molar-refractivity contribution in [2.24, 2.45) is 0 Å². The molecule has 3 aliphatic heterocycles. The summed E-state index contributed by atoms with van der Waals surface area (Å²) in [5.74, 6) is 0. The number of hydrogen-bond acceptors (Lipinski definition) is 8. The van der Waals surface area contributed by atoms with Crippen molar-refractivity contribution in [2.45, 2.75) is 0 Å². The molecule has 0 saturated heterocycles. The van der Waals surface area contributed by atoms with Gasteiger partial charge in [-0.05, 0) is 23.5 Å². The van der Waals surface area contributed by atoms with Crippen LogP contribution < -0.4 is 0 Å². The summed E-state index contributed by atoms with van der Waals surface area (Å²) >= 11 is 15.3. The summed E-state index contributed by atoms with van der Waals surface area (Å²) in [4.78, 5) is 1.36. The normalized spacial score (nSPS) is 20.8. The van der Waals surface area contributed by atoms with E-state index < -0.39 is 0 Å². The number of benzene rings is 1. The monoisotopic (exact) mass is 460 g/mol. The smallest absolute Gasteiger partial charge is 0.0718 e. The van der Waals surface area contributed by atoms with Gasteiger partial charge >= 0.3 is 0 Å². The molecule has 3 heterocycles. The van der Waals surface area contributed by atoms with Gasteiger partial charge in [0, 0.05) is 4.91 Å². The maximum absolute atomic E-state index is 2.30. The SMILES string of the molecule is CSC1=C(SC)SC(=C2SC3=C(SC(c4ccccc4)=CS3)S2)S1. The van der Waals surface area contributed by atoms with Gasteiger partial charge in [0.15, 0.2) is 0 Å². The van der Waals surface area contributed by atoms with Crippen LogP contribution in [0.2, 0.25) is 0 Å². The van der Waals surface area contributed by atoms with Gasteiger partial charge in [0.25, 0.3) is 0 Å². The van der Waals surface area contributed by atoms with Crippen LogP contribution in [0.4, 0.5) is 0 Å². The molecular weight excluding hydrogens is 449 g/mol. The van der Waals surface area contributed by atoms with Crippen LogP contribution in [0.15, 0.2) is 61.2 Å². The lowest BCUT2D eigenvalue weighted by molar-refractivity contribution is 1.66. The second kappa shape index (κ2) is 8.33. The van der Waals surface area contributed by atoms with E-state index in [4.69, 9.17) is 0 Å². The fraction of sp³-hybridized carbons (Fsp3) is 0.125. The van der Waals surface area contributed by atoms with Crippen molar-refractivity contribution in [3.63, 3.8) is 0 Å². The number of hydrogen-bond donors (Lipinski definition) is 0. The second-order valence-electron chi connectivity index (χ2n) is 4.61. The lowest BCUT2D eigenvalue weighted by Gasteiger charge is -2.12. The summed E-state index contributed by atoms with van der Waals surface area (Å²) < 4.78 is 8.69. The van der Waals surface area contributed by atoms with E-state index in [1.807, 2.05) is 94.1 Å². The summed E-state index contributed by atoms with van der Waals surface area (Å²) in [6.07, 6.45) is 4.35. The molecule has 124 valence electrons. The fourth-order valence-corrected chi connectivity index (χ4v) is 13.0. The minimum atomic E-state index is 1.31. The Hall–Kier alpha value is 0.980. The van der Waals surface area contributed by atoms with Gasteiger partial charge in [-0.15, -0.1) is 23.5 Å². The van der Waals surface area contributed by atoms with Crippen LogP contribution in [0.1, 0.15) is 5.56 Å². The first-order valence-electron chi connectivity index (χ1n) is 6.91. The van der Waals surface area contributed by atoms with E-state index in [1.165, 1.54) is 35.9 Å². The molecule has 0 amide bonds. The van der Waals surface area contributed by atoms with Crippen LogP contribution in [0.25, 0.3) is 4.91 Å². The molecule has 0 atom stereocenters. The van der Waals surface area contributed by atoms with Crippen LogP contribution in [-0.4, -0.2) is 12.5 Å². The molecule has 24 heavy (non-hydrogen) atoms. The van der Waals surface area contributed by atoms with Crippen molar-refractivity contribution in [1.29, 1.82) is 0 Å². The summed E-state index contributed by atoms with van der Waals surface area (Å²) in [5, 5.41) is 2.30. The van der Waals surface area contributed by atoms with Gasteiger partial charge < -0.3 is 0 Å². The lowest BCUT2D eigenvalue weighted by atomic mass is 10.2. The van der Waals surface area contributed by atoms with Gasteiger partial charge in [0.1, 0.15) is 0 Å². The third kappa shape index (κ3) is 3.81. The molecule has 0 saturated carbocycles. The molecular formula is C16H12S8. The van der Waals surface area contributed by atoms with Crippen molar-refractivity contribution in [3.8, 4) is 0 Å². The van der Waals surface area contributed by atoms with Crippen molar-refractivity contribution in [2.75, 3.05) is 12.5 Å². The van der Waals surface area contributed by atoms with Crippen molar-refractivity contribution in [1.82, 2.24) is 0 Å². The number of thioether (sulfide) groups is 8. The Morgan fingerprint density at radius 3 is 1.92 bits per heavy atom. The van der Waals surface area contributed by atoms with Gasteiger partial charge in [-0.3, -0.25) is 0 Å². The van der Waals surface area contributed by atoms with E-state index in [0.717, 1.165) is 0 Å². The molecule has 0 radical (unpaired) electrons. The highest BCUT2D eigenvalue weighted by atomic mass is 32.3. The quantitative estimate of drug-likeness (QED) is 0.434. The molecule has 0 aromatic heterocycles. The molecule has 3 aliphatic rings. The fourth-order valence-electron chi connectivity index (χ4n) is 2.06. The molecule has 1 aromatic rings. The van der Waals surface area contributed by atoms with E-state index in [1.54, 1.807) is 0 Å². The lowest BCUT2D eigenvalue weighted by Crippen LogP contribution is -1.82. The van der Waals surface area contributed by atoms with E-state index >= 15 is 0 Å². The third-order valence-corrected chi connectivity index (χ3v) is 14.4. The average Bonchev–Trinajstić information content (AvgIpc) is 3.25. The van der Waals surface area contributed by atoms with Crippen LogP contribution in [0, 0.1) is 0 Å². The maximum atomic E-state index is 2.30. The molecule has 0 aliphatic carbocycles. The number of rotatable bonds is 3. The standard InChI is InChI=1S/C16H12S8/c1-17-11-12(18-2)22-15(21-11)16-23-13-14(24-16)20-10(8-19-13)9-6-4-3-5-7-9/h3-8H,1-2H3. The summed E-state index contributed by atoms with van der Waals surface area (Å²) in [6, 6.07) is 10.7. The van der Waals surface area contributed by atoms with E-state index in [-0.39, 0.29) is 0 Å². The Balaban J connectivity index is 1.49. The zero-order valence-electron chi connectivity index (χ0n) is 12.7. The Labute approximate surface area is 176 Å². The van der Waals surface area contributed by atoms with Gasteiger partial charge in [-0.1, -0.05) is 101 Å². The first kappa shape index (κ1) is 18.3. The Bertz CT molecular complexity index is 770. The minimum absolute atomic E-state index is 1.31. The first-order chi connectivity index (χ1) is 11.8. The van der Waals surface area contributed by atoms with Crippen LogP contribution in [0.3, 0.4) is 0 Å². The Morgan fingerprint density at radius 2 is 1.25 bits per heavy atom. The van der Waals surface area contributed by atoms with E-state index in [9.17, 15) is 0 Å². The highest BCUT2D eigenvalue weighted by Gasteiger charge is 2.32. The Kier molecular flexibility index (Phi) is 6.37. The maximum Gasteiger partial charge on any atom is 0.0718 e. The summed E-state index contributed by atoms with van der Waals surface area (Å²) in [6.45, 7) is 0. The first-order valence-corrected chi connectivity index (χ1v) is 14.3. The molecule has 0 N–H and O–H groups in total. The minimum Gasteiger partial charge on any atom is -0.121 e. The topological polar surface area (TPSA) is 0 Å². The molecule has 4 rings (SSSR count). The predicted octanol–water partition coefficient (Wildman–Crippen LogP) is 8.53. The zero-order chi connectivity index (χ0) is 16.5. The molecule has 0 spiro atoms. The molecule has 0 nitrogen and oxygen atoms in total. The van der Waals surface area contributed by atoms with Crippen LogP contribution in [0.5, 0.6) is 0 Å². The van der Waals surface area contributed by atoms with Crippen LogP contribution in [-0.2, 0) is 0 Å².